The second kappa shape index (κ2) is 5.31. The molecular formula is C12H18F2N2O. The number of halogens is 2. The highest BCUT2D eigenvalue weighted by atomic mass is 19.1. The number of aliphatic hydroxyl groups excluding tert-OH is 1. The van der Waals surface area contributed by atoms with E-state index in [4.69, 9.17) is 10.8 Å². The van der Waals surface area contributed by atoms with E-state index in [1.54, 1.807) is 0 Å². The number of hydrogen-bond acceptors (Lipinski definition) is 3. The first-order chi connectivity index (χ1) is 7.91. The molecule has 0 saturated carbocycles. The molecule has 1 rings (SSSR count). The van der Waals surface area contributed by atoms with Crippen LogP contribution in [0.4, 0.5) is 20.2 Å². The first-order valence-corrected chi connectivity index (χ1v) is 5.55. The molecule has 1 unspecified atom stereocenters. The molecule has 5 heteroatoms. The van der Waals surface area contributed by atoms with E-state index in [9.17, 15) is 8.78 Å². The third-order valence-electron chi connectivity index (χ3n) is 2.97. The van der Waals surface area contributed by atoms with Crippen LogP contribution in [-0.2, 0) is 0 Å². The number of nitrogen functional groups attached to an aromatic ring is 1. The Morgan fingerprint density at radius 2 is 2.06 bits per heavy atom. The van der Waals surface area contributed by atoms with Crippen LogP contribution in [0.2, 0.25) is 0 Å². The van der Waals surface area contributed by atoms with Crippen molar-refractivity contribution in [2.45, 2.75) is 32.2 Å². The summed E-state index contributed by atoms with van der Waals surface area (Å²) in [6.45, 7) is 3.79. The molecule has 0 heterocycles. The lowest BCUT2D eigenvalue weighted by atomic mass is 9.94. The van der Waals surface area contributed by atoms with E-state index in [1.807, 2.05) is 13.8 Å². The molecule has 0 spiro atoms. The van der Waals surface area contributed by atoms with Gasteiger partial charge >= 0.3 is 0 Å². The molecule has 1 aromatic carbocycles. The van der Waals surface area contributed by atoms with E-state index in [0.717, 1.165) is 12.1 Å². The van der Waals surface area contributed by atoms with Gasteiger partial charge in [-0.3, -0.25) is 0 Å². The minimum absolute atomic E-state index is 0.00492. The second-order valence-corrected chi connectivity index (χ2v) is 4.36. The molecule has 3 nitrogen and oxygen atoms in total. The van der Waals surface area contributed by atoms with Gasteiger partial charge in [-0.25, -0.2) is 8.78 Å². The molecule has 96 valence electrons. The van der Waals surface area contributed by atoms with Crippen LogP contribution in [0.15, 0.2) is 12.1 Å². The average molecular weight is 244 g/mol. The van der Waals surface area contributed by atoms with Gasteiger partial charge in [0.1, 0.15) is 5.82 Å². The topological polar surface area (TPSA) is 58.3 Å². The van der Waals surface area contributed by atoms with Gasteiger partial charge in [0.25, 0.3) is 0 Å². The predicted molar refractivity (Wildman–Crippen MR) is 64.8 cm³/mol. The highest BCUT2D eigenvalue weighted by Gasteiger charge is 2.22. The van der Waals surface area contributed by atoms with Gasteiger partial charge in [0.15, 0.2) is 5.82 Å². The highest BCUT2D eigenvalue weighted by Crippen LogP contribution is 2.28. The Morgan fingerprint density at radius 1 is 1.41 bits per heavy atom. The van der Waals surface area contributed by atoms with Crippen LogP contribution in [0.25, 0.3) is 0 Å². The summed E-state index contributed by atoms with van der Waals surface area (Å²) < 4.78 is 26.3. The van der Waals surface area contributed by atoms with Crippen LogP contribution >= 0.6 is 0 Å². The van der Waals surface area contributed by atoms with Gasteiger partial charge in [-0.2, -0.15) is 0 Å². The number of rotatable bonds is 5. The Bertz CT molecular complexity index is 398. The lowest BCUT2D eigenvalue weighted by Crippen LogP contribution is -2.35. The van der Waals surface area contributed by atoms with Gasteiger partial charge in [0, 0.05) is 18.2 Å². The van der Waals surface area contributed by atoms with E-state index >= 15 is 0 Å². The third-order valence-corrected chi connectivity index (χ3v) is 2.97. The fraction of sp³-hybridized carbons (Fsp3) is 0.500. The van der Waals surface area contributed by atoms with E-state index in [1.165, 1.54) is 0 Å². The molecule has 1 atom stereocenters. The lowest BCUT2D eigenvalue weighted by Gasteiger charge is -2.31. The van der Waals surface area contributed by atoms with Crippen LogP contribution < -0.4 is 11.1 Å². The summed E-state index contributed by atoms with van der Waals surface area (Å²) in [5.74, 6) is -1.46. The number of benzene rings is 1. The summed E-state index contributed by atoms with van der Waals surface area (Å²) in [5.41, 5.74) is 5.22. The largest absolute Gasteiger partial charge is 0.396 e. The van der Waals surface area contributed by atoms with Crippen LogP contribution in [-0.4, -0.2) is 17.3 Å². The van der Waals surface area contributed by atoms with Gasteiger partial charge in [0.05, 0.1) is 11.4 Å². The Kier molecular flexibility index (Phi) is 4.28. The fourth-order valence-electron chi connectivity index (χ4n) is 1.59. The summed E-state index contributed by atoms with van der Waals surface area (Å²) in [7, 11) is 0. The first-order valence-electron chi connectivity index (χ1n) is 5.55. The second-order valence-electron chi connectivity index (χ2n) is 4.36. The normalized spacial score (nSPS) is 14.4. The van der Waals surface area contributed by atoms with Crippen LogP contribution in [0, 0.1) is 11.6 Å². The van der Waals surface area contributed by atoms with Crippen molar-refractivity contribution < 1.29 is 13.9 Å². The third kappa shape index (κ3) is 3.30. The number of hydrogen-bond donors (Lipinski definition) is 3. The van der Waals surface area contributed by atoms with Crippen molar-refractivity contribution in [1.82, 2.24) is 0 Å². The van der Waals surface area contributed by atoms with E-state index in [-0.39, 0.29) is 18.0 Å². The number of nitrogens with one attached hydrogen (secondary N) is 1. The van der Waals surface area contributed by atoms with Gasteiger partial charge in [-0.05, 0) is 25.8 Å². The summed E-state index contributed by atoms with van der Waals surface area (Å²) in [6, 6.07) is 1.90. The van der Waals surface area contributed by atoms with Crippen molar-refractivity contribution in [2.24, 2.45) is 0 Å². The molecule has 0 aliphatic heterocycles. The number of anilines is 2. The Balaban J connectivity index is 3.01. The first kappa shape index (κ1) is 13.7. The molecule has 4 N–H and O–H groups in total. The molecule has 1 aromatic rings. The highest BCUT2D eigenvalue weighted by molar-refractivity contribution is 5.67. The van der Waals surface area contributed by atoms with Crippen molar-refractivity contribution in [3.8, 4) is 0 Å². The van der Waals surface area contributed by atoms with Crippen LogP contribution in [0.1, 0.15) is 26.7 Å². The van der Waals surface area contributed by atoms with Crippen molar-refractivity contribution in [3.05, 3.63) is 23.8 Å². The van der Waals surface area contributed by atoms with Crippen LogP contribution in [0.5, 0.6) is 0 Å². The Morgan fingerprint density at radius 3 is 2.59 bits per heavy atom. The predicted octanol–water partition coefficient (Wildman–Crippen LogP) is 2.51. The number of nitrogens with two attached hydrogens (primary N) is 1. The minimum atomic E-state index is -0.782. The van der Waals surface area contributed by atoms with E-state index in [2.05, 4.69) is 5.32 Å². The maximum absolute atomic E-state index is 13.3. The van der Waals surface area contributed by atoms with Crippen molar-refractivity contribution in [1.29, 1.82) is 0 Å². The standard InChI is InChI=1S/C12H18F2N2O/c1-3-12(2,4-5-17)16-10-7-8(13)6-9(14)11(10)15/h6-7,16-17H,3-5,15H2,1-2H3. The van der Waals surface area contributed by atoms with Gasteiger partial charge in [-0.15, -0.1) is 0 Å². The molecule has 0 radical (unpaired) electrons. The Labute approximate surface area is 99.6 Å². The molecule has 0 saturated heterocycles. The SMILES string of the molecule is CCC(C)(CCO)Nc1cc(F)cc(F)c1N. The molecule has 17 heavy (non-hydrogen) atoms. The van der Waals surface area contributed by atoms with E-state index in [0.29, 0.717) is 12.8 Å². The zero-order chi connectivity index (χ0) is 13.1. The fourth-order valence-corrected chi connectivity index (χ4v) is 1.59. The van der Waals surface area contributed by atoms with Gasteiger partial charge in [0.2, 0.25) is 0 Å². The van der Waals surface area contributed by atoms with Crippen molar-refractivity contribution >= 4 is 11.4 Å². The molecule has 0 amide bonds. The van der Waals surface area contributed by atoms with Crippen molar-refractivity contribution in [3.63, 3.8) is 0 Å². The van der Waals surface area contributed by atoms with Gasteiger partial charge < -0.3 is 16.2 Å². The molecule has 0 fully saturated rings. The molecule has 0 aliphatic carbocycles. The maximum Gasteiger partial charge on any atom is 0.151 e. The monoisotopic (exact) mass is 244 g/mol. The Hall–Kier alpha value is -1.36. The molecular weight excluding hydrogens is 226 g/mol. The lowest BCUT2D eigenvalue weighted by molar-refractivity contribution is 0.252. The molecule has 0 bridgehead atoms. The molecule has 0 aliphatic rings. The van der Waals surface area contributed by atoms with Crippen LogP contribution in [0.3, 0.4) is 0 Å². The van der Waals surface area contributed by atoms with E-state index < -0.39 is 17.2 Å². The van der Waals surface area contributed by atoms with Crippen molar-refractivity contribution in [2.75, 3.05) is 17.7 Å². The summed E-state index contributed by atoms with van der Waals surface area (Å²) in [4.78, 5) is 0. The molecule has 0 aromatic heterocycles. The summed E-state index contributed by atoms with van der Waals surface area (Å²) in [6.07, 6.45) is 1.17. The number of aliphatic hydroxyl groups is 1. The summed E-state index contributed by atoms with van der Waals surface area (Å²) >= 11 is 0. The summed E-state index contributed by atoms with van der Waals surface area (Å²) in [5, 5.41) is 12.0. The zero-order valence-electron chi connectivity index (χ0n) is 10.1. The maximum atomic E-state index is 13.3. The quantitative estimate of drug-likeness (QED) is 0.697. The smallest absolute Gasteiger partial charge is 0.151 e. The average Bonchev–Trinajstić information content (AvgIpc) is 2.25. The van der Waals surface area contributed by atoms with Gasteiger partial charge in [-0.1, -0.05) is 6.92 Å². The minimum Gasteiger partial charge on any atom is -0.396 e. The zero-order valence-corrected chi connectivity index (χ0v) is 10.1.